The third-order valence-corrected chi connectivity index (χ3v) is 4.71. The second kappa shape index (κ2) is 5.78. The van der Waals surface area contributed by atoms with Crippen molar-refractivity contribution < 1.29 is 4.79 Å². The van der Waals surface area contributed by atoms with Crippen molar-refractivity contribution in [3.8, 4) is 0 Å². The van der Waals surface area contributed by atoms with Gasteiger partial charge in [0.1, 0.15) is 11.3 Å². The maximum atomic E-state index is 13.0. The highest BCUT2D eigenvalue weighted by Crippen LogP contribution is 2.22. The molecule has 0 N–H and O–H groups in total. The first kappa shape index (κ1) is 14.9. The number of aryl methyl sites for hydroxylation is 2. The van der Waals surface area contributed by atoms with Crippen LogP contribution in [0.15, 0.2) is 36.8 Å². The van der Waals surface area contributed by atoms with E-state index in [4.69, 9.17) is 0 Å². The Morgan fingerprint density at radius 3 is 2.92 bits per heavy atom. The predicted molar refractivity (Wildman–Crippen MR) is 91.0 cm³/mol. The summed E-state index contributed by atoms with van der Waals surface area (Å²) in [5.41, 5.74) is 3.55. The molecule has 3 aromatic rings. The number of nitrogens with zero attached hydrogens (tertiary/aromatic N) is 5. The fourth-order valence-electron chi connectivity index (χ4n) is 3.47. The number of rotatable bonds is 3. The second-order valence-electron chi connectivity index (χ2n) is 6.56. The standard InChI is InChI=1S/C18H21N5O/c1-13-9-19-21(10-13)11-15-6-4-8-22(15)18(24)16-12-23-14(2)5-3-7-17(23)20-16/h3,5,7,9-10,12,15H,4,6,8,11H2,1-2H3/t15-/m1/s1. The minimum atomic E-state index is 0.0180. The van der Waals surface area contributed by atoms with Gasteiger partial charge in [-0.05, 0) is 44.4 Å². The van der Waals surface area contributed by atoms with Crippen LogP contribution in [-0.2, 0) is 6.54 Å². The molecule has 24 heavy (non-hydrogen) atoms. The first-order valence-corrected chi connectivity index (χ1v) is 8.36. The van der Waals surface area contributed by atoms with Gasteiger partial charge in [-0.3, -0.25) is 9.48 Å². The zero-order valence-electron chi connectivity index (χ0n) is 14.0. The molecular weight excluding hydrogens is 302 g/mol. The van der Waals surface area contributed by atoms with Crippen LogP contribution in [0.5, 0.6) is 0 Å². The van der Waals surface area contributed by atoms with E-state index < -0.39 is 0 Å². The van der Waals surface area contributed by atoms with Gasteiger partial charge in [-0.1, -0.05) is 6.07 Å². The zero-order chi connectivity index (χ0) is 16.7. The van der Waals surface area contributed by atoms with E-state index in [2.05, 4.69) is 10.1 Å². The predicted octanol–water partition coefficient (Wildman–Crippen LogP) is 2.45. The quantitative estimate of drug-likeness (QED) is 0.744. The molecule has 0 aromatic carbocycles. The van der Waals surface area contributed by atoms with Crippen LogP contribution in [0.1, 0.15) is 34.6 Å². The van der Waals surface area contributed by atoms with Gasteiger partial charge < -0.3 is 9.30 Å². The van der Waals surface area contributed by atoms with Gasteiger partial charge in [-0.2, -0.15) is 5.10 Å². The third-order valence-electron chi connectivity index (χ3n) is 4.71. The molecule has 1 atom stereocenters. The van der Waals surface area contributed by atoms with Crippen molar-refractivity contribution >= 4 is 11.6 Å². The molecule has 6 nitrogen and oxygen atoms in total. The van der Waals surface area contributed by atoms with Crippen molar-refractivity contribution in [2.45, 2.75) is 39.3 Å². The van der Waals surface area contributed by atoms with Crippen LogP contribution in [0.3, 0.4) is 0 Å². The van der Waals surface area contributed by atoms with Gasteiger partial charge in [0.15, 0.2) is 0 Å². The van der Waals surface area contributed by atoms with Crippen molar-refractivity contribution in [3.05, 3.63) is 53.7 Å². The number of imidazole rings is 1. The van der Waals surface area contributed by atoms with E-state index in [-0.39, 0.29) is 11.9 Å². The van der Waals surface area contributed by atoms with Gasteiger partial charge in [0.2, 0.25) is 0 Å². The Bertz CT molecular complexity index is 894. The summed E-state index contributed by atoms with van der Waals surface area (Å²) in [5.74, 6) is 0.0180. The van der Waals surface area contributed by atoms with E-state index in [9.17, 15) is 4.79 Å². The lowest BCUT2D eigenvalue weighted by Crippen LogP contribution is -2.38. The summed E-state index contributed by atoms with van der Waals surface area (Å²) in [6, 6.07) is 6.09. The number of fused-ring (bicyclic) bond motifs is 1. The summed E-state index contributed by atoms with van der Waals surface area (Å²) in [5, 5.41) is 4.35. The summed E-state index contributed by atoms with van der Waals surface area (Å²) in [4.78, 5) is 19.4. The molecule has 6 heteroatoms. The van der Waals surface area contributed by atoms with E-state index in [1.165, 1.54) is 0 Å². The maximum Gasteiger partial charge on any atom is 0.274 e. The Balaban J connectivity index is 1.58. The molecule has 0 aliphatic carbocycles. The monoisotopic (exact) mass is 323 g/mol. The highest BCUT2D eigenvalue weighted by Gasteiger charge is 2.31. The first-order chi connectivity index (χ1) is 11.6. The number of likely N-dealkylation sites (tertiary alicyclic amines) is 1. The van der Waals surface area contributed by atoms with E-state index in [0.29, 0.717) is 5.69 Å². The molecule has 4 heterocycles. The molecule has 0 saturated carbocycles. The molecule has 1 fully saturated rings. The topological polar surface area (TPSA) is 55.4 Å². The molecule has 0 unspecified atom stereocenters. The number of amides is 1. The normalized spacial score (nSPS) is 17.8. The smallest absolute Gasteiger partial charge is 0.274 e. The highest BCUT2D eigenvalue weighted by molar-refractivity contribution is 5.93. The van der Waals surface area contributed by atoms with Crippen molar-refractivity contribution in [3.63, 3.8) is 0 Å². The van der Waals surface area contributed by atoms with Crippen LogP contribution in [0, 0.1) is 13.8 Å². The second-order valence-corrected chi connectivity index (χ2v) is 6.56. The van der Waals surface area contributed by atoms with Gasteiger partial charge in [0.25, 0.3) is 5.91 Å². The zero-order valence-corrected chi connectivity index (χ0v) is 14.0. The van der Waals surface area contributed by atoms with Crippen LogP contribution in [0.25, 0.3) is 5.65 Å². The molecule has 4 rings (SSSR count). The summed E-state index contributed by atoms with van der Waals surface area (Å²) >= 11 is 0. The van der Waals surface area contributed by atoms with Gasteiger partial charge in [-0.25, -0.2) is 4.98 Å². The highest BCUT2D eigenvalue weighted by atomic mass is 16.2. The largest absolute Gasteiger partial charge is 0.332 e. The Labute approximate surface area is 140 Å². The Kier molecular flexibility index (Phi) is 3.59. The van der Waals surface area contributed by atoms with E-state index in [1.54, 1.807) is 0 Å². The molecule has 1 aliphatic rings. The summed E-state index contributed by atoms with van der Waals surface area (Å²) < 4.78 is 3.90. The molecule has 0 spiro atoms. The summed E-state index contributed by atoms with van der Waals surface area (Å²) in [7, 11) is 0. The fraction of sp³-hybridized carbons (Fsp3) is 0.389. The van der Waals surface area contributed by atoms with Gasteiger partial charge in [-0.15, -0.1) is 0 Å². The molecule has 0 radical (unpaired) electrons. The average Bonchev–Trinajstić information content (AvgIpc) is 3.27. The molecule has 124 valence electrons. The third kappa shape index (κ3) is 2.58. The minimum absolute atomic E-state index is 0.0180. The van der Waals surface area contributed by atoms with Gasteiger partial charge in [0, 0.05) is 24.6 Å². The van der Waals surface area contributed by atoms with Crippen molar-refractivity contribution in [1.82, 2.24) is 24.1 Å². The van der Waals surface area contributed by atoms with Crippen LogP contribution >= 0.6 is 0 Å². The maximum absolute atomic E-state index is 13.0. The average molecular weight is 323 g/mol. The molecule has 3 aromatic heterocycles. The Morgan fingerprint density at radius 2 is 2.17 bits per heavy atom. The van der Waals surface area contributed by atoms with Gasteiger partial charge >= 0.3 is 0 Å². The van der Waals surface area contributed by atoms with Crippen LogP contribution in [-0.4, -0.2) is 42.6 Å². The summed E-state index contributed by atoms with van der Waals surface area (Å²) in [6.45, 7) is 5.57. The number of hydrogen-bond donors (Lipinski definition) is 0. The molecule has 1 amide bonds. The van der Waals surface area contributed by atoms with E-state index >= 15 is 0 Å². The van der Waals surface area contributed by atoms with Gasteiger partial charge in [0.05, 0.1) is 18.8 Å². The molecule has 1 aliphatic heterocycles. The number of carbonyl (C=O) groups is 1. The van der Waals surface area contributed by atoms with E-state index in [1.807, 2.05) is 64.6 Å². The number of pyridine rings is 1. The lowest BCUT2D eigenvalue weighted by molar-refractivity contribution is 0.0716. The molecular formula is C18H21N5O. The first-order valence-electron chi connectivity index (χ1n) is 8.36. The number of carbonyl (C=O) groups excluding carboxylic acids is 1. The van der Waals surface area contributed by atoms with Crippen molar-refractivity contribution in [1.29, 1.82) is 0 Å². The molecule has 1 saturated heterocycles. The lowest BCUT2D eigenvalue weighted by atomic mass is 10.2. The Hall–Kier alpha value is -2.63. The molecule has 0 bridgehead atoms. The Morgan fingerprint density at radius 1 is 1.29 bits per heavy atom. The van der Waals surface area contributed by atoms with Crippen LogP contribution < -0.4 is 0 Å². The van der Waals surface area contributed by atoms with Crippen LogP contribution in [0.2, 0.25) is 0 Å². The van der Waals surface area contributed by atoms with Crippen LogP contribution in [0.4, 0.5) is 0 Å². The lowest BCUT2D eigenvalue weighted by Gasteiger charge is -2.23. The SMILES string of the molecule is Cc1cnn(C[C@H]2CCCN2C(=O)c2cn3c(C)cccc3n2)c1. The fourth-order valence-corrected chi connectivity index (χ4v) is 3.47. The van der Waals surface area contributed by atoms with Crippen molar-refractivity contribution in [2.24, 2.45) is 0 Å². The number of aromatic nitrogens is 4. The minimum Gasteiger partial charge on any atom is -0.332 e. The van der Waals surface area contributed by atoms with Crippen molar-refractivity contribution in [2.75, 3.05) is 6.54 Å². The summed E-state index contributed by atoms with van der Waals surface area (Å²) in [6.07, 6.45) is 7.77. The van der Waals surface area contributed by atoms with E-state index in [0.717, 1.165) is 42.8 Å². The number of hydrogen-bond acceptors (Lipinski definition) is 3.